The third kappa shape index (κ3) is 3.08. The van der Waals surface area contributed by atoms with Crippen molar-refractivity contribution in [2.75, 3.05) is 25.1 Å². The molecule has 0 saturated heterocycles. The summed E-state index contributed by atoms with van der Waals surface area (Å²) in [4.78, 5) is 26.0. The van der Waals surface area contributed by atoms with Crippen molar-refractivity contribution < 1.29 is 14.3 Å². The lowest BCUT2D eigenvalue weighted by molar-refractivity contribution is -0.124. The first-order chi connectivity index (χ1) is 10.9. The van der Waals surface area contributed by atoms with E-state index in [0.29, 0.717) is 19.6 Å². The molecule has 2 amide bonds. The van der Waals surface area contributed by atoms with Crippen LogP contribution in [0.2, 0.25) is 0 Å². The van der Waals surface area contributed by atoms with Gasteiger partial charge in [0, 0.05) is 25.6 Å². The van der Waals surface area contributed by atoms with Gasteiger partial charge in [0.1, 0.15) is 5.75 Å². The summed E-state index contributed by atoms with van der Waals surface area (Å²) in [5, 5.41) is 2.76. The number of fused-ring (bicyclic) bond motifs is 3. The number of benzene rings is 1. The maximum absolute atomic E-state index is 12.6. The maximum Gasteiger partial charge on any atom is 0.236 e. The Morgan fingerprint density at radius 2 is 2.25 bits per heavy atom. The Bertz CT molecular complexity index is 676. The number of nitrogens with two attached hydrogens (primary N) is 1. The Balaban J connectivity index is 0.00000208. The molecule has 132 valence electrons. The van der Waals surface area contributed by atoms with E-state index in [4.69, 9.17) is 10.5 Å². The number of carbonyl (C=O) groups excluding carboxylic acids is 2. The topological polar surface area (TPSA) is 84.7 Å². The fraction of sp³-hybridized carbons (Fsp3) is 0.529. The van der Waals surface area contributed by atoms with Gasteiger partial charge in [0.2, 0.25) is 11.8 Å². The number of aryl methyl sites for hydroxylation is 1. The molecule has 2 aliphatic heterocycles. The molecule has 0 aliphatic carbocycles. The molecule has 1 aromatic rings. The number of amides is 2. The molecule has 24 heavy (non-hydrogen) atoms. The van der Waals surface area contributed by atoms with Crippen LogP contribution < -0.4 is 20.7 Å². The van der Waals surface area contributed by atoms with E-state index >= 15 is 0 Å². The zero-order valence-corrected chi connectivity index (χ0v) is 15.0. The maximum atomic E-state index is 12.6. The summed E-state index contributed by atoms with van der Waals surface area (Å²) in [5.74, 6) is 0.416. The molecule has 2 aliphatic rings. The standard InChI is InChI=1S/C17H23N3O3.ClH/c1-9-6-11-4-5-23-15(11)13-7-12(8-19-16(21)10(2)18)17(22)20(3)14(9)13;/h6,10,12H,4-5,7-8,18H2,1-3H3,(H,19,21);1H/t10-,12?;/m0./s1. The van der Waals surface area contributed by atoms with E-state index in [1.54, 1.807) is 18.9 Å². The van der Waals surface area contributed by atoms with Gasteiger partial charge in [0.05, 0.1) is 24.3 Å². The quantitative estimate of drug-likeness (QED) is 0.847. The van der Waals surface area contributed by atoms with Crippen LogP contribution in [0.25, 0.3) is 0 Å². The summed E-state index contributed by atoms with van der Waals surface area (Å²) in [6, 6.07) is 1.54. The number of nitrogens with one attached hydrogen (secondary N) is 1. The van der Waals surface area contributed by atoms with Gasteiger partial charge in [-0.05, 0) is 31.4 Å². The zero-order valence-electron chi connectivity index (χ0n) is 14.2. The van der Waals surface area contributed by atoms with Crippen LogP contribution in [-0.4, -0.2) is 38.1 Å². The minimum absolute atomic E-state index is 0. The number of ether oxygens (including phenoxy) is 1. The van der Waals surface area contributed by atoms with Crippen molar-refractivity contribution in [2.24, 2.45) is 11.7 Å². The van der Waals surface area contributed by atoms with Crippen LogP contribution in [0, 0.1) is 12.8 Å². The number of nitrogens with zero attached hydrogens (tertiary/aromatic N) is 1. The molecule has 0 radical (unpaired) electrons. The molecule has 0 aromatic heterocycles. The highest BCUT2D eigenvalue weighted by molar-refractivity contribution is 5.99. The van der Waals surface area contributed by atoms with Crippen molar-refractivity contribution >= 4 is 29.9 Å². The van der Waals surface area contributed by atoms with E-state index in [9.17, 15) is 9.59 Å². The molecule has 7 heteroatoms. The van der Waals surface area contributed by atoms with Gasteiger partial charge in [0.25, 0.3) is 0 Å². The van der Waals surface area contributed by atoms with Gasteiger partial charge in [0.15, 0.2) is 0 Å². The average Bonchev–Trinajstić information content (AvgIpc) is 2.96. The molecule has 0 spiro atoms. The molecule has 6 nitrogen and oxygen atoms in total. The Hall–Kier alpha value is -1.79. The summed E-state index contributed by atoms with van der Waals surface area (Å²) in [6.07, 6.45) is 1.49. The summed E-state index contributed by atoms with van der Waals surface area (Å²) in [7, 11) is 1.79. The molecule has 3 rings (SSSR count). The van der Waals surface area contributed by atoms with Crippen LogP contribution in [0.5, 0.6) is 5.75 Å². The van der Waals surface area contributed by atoms with Gasteiger partial charge in [-0.3, -0.25) is 9.59 Å². The normalized spacial score (nSPS) is 19.8. The van der Waals surface area contributed by atoms with E-state index in [2.05, 4.69) is 11.4 Å². The van der Waals surface area contributed by atoms with E-state index in [0.717, 1.165) is 29.0 Å². The monoisotopic (exact) mass is 353 g/mol. The minimum Gasteiger partial charge on any atom is -0.493 e. The second-order valence-corrected chi connectivity index (χ2v) is 6.44. The molecule has 1 aromatic carbocycles. The first-order valence-corrected chi connectivity index (χ1v) is 7.99. The number of rotatable bonds is 3. The van der Waals surface area contributed by atoms with Gasteiger partial charge in [-0.25, -0.2) is 0 Å². The predicted octanol–water partition coefficient (Wildman–Crippen LogP) is 0.950. The minimum atomic E-state index is -0.575. The van der Waals surface area contributed by atoms with Crippen LogP contribution in [0.4, 0.5) is 5.69 Å². The third-order valence-electron chi connectivity index (χ3n) is 4.64. The fourth-order valence-corrected chi connectivity index (χ4v) is 3.48. The molecular weight excluding hydrogens is 330 g/mol. The van der Waals surface area contributed by atoms with Gasteiger partial charge < -0.3 is 20.7 Å². The van der Waals surface area contributed by atoms with Gasteiger partial charge >= 0.3 is 0 Å². The molecule has 0 fully saturated rings. The Morgan fingerprint density at radius 3 is 2.92 bits per heavy atom. The van der Waals surface area contributed by atoms with E-state index < -0.39 is 6.04 Å². The lowest BCUT2D eigenvalue weighted by atomic mass is 9.87. The molecule has 2 heterocycles. The highest BCUT2D eigenvalue weighted by Crippen LogP contribution is 2.43. The zero-order chi connectivity index (χ0) is 16.7. The average molecular weight is 354 g/mol. The number of carbonyl (C=O) groups is 2. The summed E-state index contributed by atoms with van der Waals surface area (Å²) < 4.78 is 5.80. The van der Waals surface area contributed by atoms with Crippen molar-refractivity contribution in [3.63, 3.8) is 0 Å². The van der Waals surface area contributed by atoms with Crippen molar-refractivity contribution in [1.29, 1.82) is 0 Å². The van der Waals surface area contributed by atoms with Crippen LogP contribution >= 0.6 is 12.4 Å². The van der Waals surface area contributed by atoms with Crippen LogP contribution in [0.3, 0.4) is 0 Å². The Labute approximate surface area is 148 Å². The van der Waals surface area contributed by atoms with Crippen molar-refractivity contribution in [2.45, 2.75) is 32.7 Å². The van der Waals surface area contributed by atoms with Crippen molar-refractivity contribution in [1.82, 2.24) is 5.32 Å². The number of hydrogen-bond acceptors (Lipinski definition) is 4. The molecule has 1 unspecified atom stereocenters. The second-order valence-electron chi connectivity index (χ2n) is 6.44. The summed E-state index contributed by atoms with van der Waals surface area (Å²) in [6.45, 7) is 4.64. The van der Waals surface area contributed by atoms with Crippen LogP contribution in [0.1, 0.15) is 23.6 Å². The predicted molar refractivity (Wildman–Crippen MR) is 94.9 cm³/mol. The highest BCUT2D eigenvalue weighted by atomic mass is 35.5. The highest BCUT2D eigenvalue weighted by Gasteiger charge is 2.35. The summed E-state index contributed by atoms with van der Waals surface area (Å²) in [5.41, 5.74) is 9.89. The van der Waals surface area contributed by atoms with Crippen LogP contribution in [0.15, 0.2) is 6.07 Å². The van der Waals surface area contributed by atoms with Gasteiger partial charge in [-0.1, -0.05) is 6.07 Å². The largest absolute Gasteiger partial charge is 0.493 e. The molecule has 0 saturated carbocycles. The second kappa shape index (κ2) is 6.99. The smallest absolute Gasteiger partial charge is 0.236 e. The molecular formula is C17H24ClN3O3. The molecule has 2 atom stereocenters. The number of hydrogen-bond donors (Lipinski definition) is 2. The van der Waals surface area contributed by atoms with E-state index in [-0.39, 0.29) is 30.1 Å². The molecule has 3 N–H and O–H groups in total. The summed E-state index contributed by atoms with van der Waals surface area (Å²) >= 11 is 0. The van der Waals surface area contributed by atoms with Gasteiger partial charge in [-0.15, -0.1) is 12.4 Å². The lowest BCUT2D eigenvalue weighted by Crippen LogP contribution is -2.47. The van der Waals surface area contributed by atoms with Crippen molar-refractivity contribution in [3.05, 3.63) is 22.8 Å². The number of anilines is 1. The fourth-order valence-electron chi connectivity index (χ4n) is 3.48. The Morgan fingerprint density at radius 1 is 1.54 bits per heavy atom. The lowest BCUT2D eigenvalue weighted by Gasteiger charge is -2.34. The first kappa shape index (κ1) is 18.5. The van der Waals surface area contributed by atoms with E-state index in [1.807, 2.05) is 6.92 Å². The van der Waals surface area contributed by atoms with Crippen LogP contribution in [-0.2, 0) is 22.4 Å². The Kier molecular flexibility index (Phi) is 5.40. The van der Waals surface area contributed by atoms with E-state index in [1.165, 1.54) is 5.56 Å². The SMILES string of the molecule is Cc1cc2c(c3c1N(C)C(=O)C(CNC(=O)[C@H](C)N)C3)OCC2.Cl. The van der Waals surface area contributed by atoms with Crippen molar-refractivity contribution in [3.8, 4) is 5.75 Å². The number of halogens is 1. The van der Waals surface area contributed by atoms with Gasteiger partial charge in [-0.2, -0.15) is 0 Å². The first-order valence-electron chi connectivity index (χ1n) is 7.99. The third-order valence-corrected chi connectivity index (χ3v) is 4.64. The molecule has 0 bridgehead atoms.